The lowest BCUT2D eigenvalue weighted by atomic mass is 10.1. The van der Waals surface area contributed by atoms with E-state index in [0.29, 0.717) is 5.57 Å². The summed E-state index contributed by atoms with van der Waals surface area (Å²) >= 11 is 0. The zero-order chi connectivity index (χ0) is 18.0. The Labute approximate surface area is 142 Å². The van der Waals surface area contributed by atoms with Gasteiger partial charge in [0.2, 0.25) is 5.95 Å². The van der Waals surface area contributed by atoms with Gasteiger partial charge in [-0.2, -0.15) is 13.2 Å². The van der Waals surface area contributed by atoms with Crippen molar-refractivity contribution in [2.24, 2.45) is 10.7 Å². The standard InChI is InChI=1S/C15H19F3N6O/c16-15(17,18)13-3-12(22-14(23-13)24-7-11(25)8-24)9(4-19)5-21-10-1-2-20-6-10/h3-5,10-11,20,25H,1-2,6-8,19H2/b9-4+,21-5?. The molecule has 3 rings (SSSR count). The zero-order valence-electron chi connectivity index (χ0n) is 13.4. The van der Waals surface area contributed by atoms with Crippen LogP contribution in [-0.2, 0) is 6.18 Å². The number of nitrogens with one attached hydrogen (secondary N) is 1. The molecule has 2 fully saturated rings. The monoisotopic (exact) mass is 356 g/mol. The van der Waals surface area contributed by atoms with Crippen LogP contribution in [0.1, 0.15) is 17.8 Å². The molecule has 0 aliphatic carbocycles. The molecular formula is C15H19F3N6O. The largest absolute Gasteiger partial charge is 0.433 e. The van der Waals surface area contributed by atoms with Gasteiger partial charge in [0.15, 0.2) is 5.69 Å². The molecule has 0 spiro atoms. The molecule has 2 saturated heterocycles. The fraction of sp³-hybridized carbons (Fsp3) is 0.533. The summed E-state index contributed by atoms with van der Waals surface area (Å²) in [6.45, 7) is 1.98. The van der Waals surface area contributed by atoms with Gasteiger partial charge in [-0.15, -0.1) is 0 Å². The first-order valence-electron chi connectivity index (χ1n) is 7.92. The second-order valence-corrected chi connectivity index (χ2v) is 6.04. The summed E-state index contributed by atoms with van der Waals surface area (Å²) in [5.41, 5.74) is 4.87. The molecule has 7 nitrogen and oxygen atoms in total. The molecule has 25 heavy (non-hydrogen) atoms. The van der Waals surface area contributed by atoms with Gasteiger partial charge in [0.05, 0.1) is 17.8 Å². The molecular weight excluding hydrogens is 337 g/mol. The van der Waals surface area contributed by atoms with Crippen LogP contribution in [0.5, 0.6) is 0 Å². The van der Waals surface area contributed by atoms with Crippen LogP contribution in [0.4, 0.5) is 19.1 Å². The molecule has 0 saturated carbocycles. The third-order valence-corrected chi connectivity index (χ3v) is 4.08. The molecule has 2 aliphatic rings. The summed E-state index contributed by atoms with van der Waals surface area (Å²) in [5.74, 6) is -0.0783. The Kier molecular flexibility index (Phi) is 4.91. The minimum atomic E-state index is -4.61. The Bertz CT molecular complexity index is 678. The smallest absolute Gasteiger partial charge is 0.404 e. The van der Waals surface area contributed by atoms with E-state index in [1.54, 1.807) is 0 Å². The first-order chi connectivity index (χ1) is 11.9. The molecule has 0 radical (unpaired) electrons. The molecule has 1 unspecified atom stereocenters. The molecule has 136 valence electrons. The van der Waals surface area contributed by atoms with Gasteiger partial charge >= 0.3 is 6.18 Å². The highest BCUT2D eigenvalue weighted by Crippen LogP contribution is 2.31. The Hall–Kier alpha value is -2.20. The molecule has 1 aromatic heterocycles. The average Bonchev–Trinajstić information content (AvgIpc) is 3.05. The number of rotatable bonds is 4. The number of hydrogen-bond acceptors (Lipinski definition) is 7. The van der Waals surface area contributed by atoms with E-state index in [1.165, 1.54) is 17.3 Å². The number of aliphatic hydroxyl groups excluding tert-OH is 1. The van der Waals surface area contributed by atoms with Gasteiger partial charge in [-0.3, -0.25) is 4.99 Å². The quantitative estimate of drug-likeness (QED) is 0.676. The molecule has 2 aliphatic heterocycles. The van der Waals surface area contributed by atoms with E-state index in [1.807, 2.05) is 0 Å². The van der Waals surface area contributed by atoms with Crippen molar-refractivity contribution >= 4 is 17.7 Å². The van der Waals surface area contributed by atoms with E-state index in [2.05, 4.69) is 20.3 Å². The van der Waals surface area contributed by atoms with Crippen molar-refractivity contribution in [3.8, 4) is 0 Å². The Morgan fingerprint density at radius 1 is 1.40 bits per heavy atom. The summed E-state index contributed by atoms with van der Waals surface area (Å²) in [5, 5.41) is 12.5. The molecule has 1 atom stereocenters. The maximum absolute atomic E-state index is 13.2. The number of nitrogens with two attached hydrogens (primary N) is 1. The van der Waals surface area contributed by atoms with E-state index >= 15 is 0 Å². The Morgan fingerprint density at radius 2 is 2.16 bits per heavy atom. The lowest BCUT2D eigenvalue weighted by molar-refractivity contribution is -0.141. The lowest BCUT2D eigenvalue weighted by Crippen LogP contribution is -2.51. The van der Waals surface area contributed by atoms with Crippen molar-refractivity contribution < 1.29 is 18.3 Å². The Morgan fingerprint density at radius 3 is 2.72 bits per heavy atom. The second kappa shape index (κ2) is 6.96. The maximum Gasteiger partial charge on any atom is 0.433 e. The highest BCUT2D eigenvalue weighted by atomic mass is 19.4. The first kappa shape index (κ1) is 17.6. The number of aliphatic hydroxyl groups is 1. The summed E-state index contributed by atoms with van der Waals surface area (Å²) in [6.07, 6.45) is -1.69. The number of nitrogens with zero attached hydrogens (tertiary/aromatic N) is 4. The summed E-state index contributed by atoms with van der Waals surface area (Å²) < 4.78 is 39.5. The van der Waals surface area contributed by atoms with Crippen LogP contribution >= 0.6 is 0 Å². The Balaban J connectivity index is 1.91. The number of β-amino-alcohol motifs (C(OH)–C–C–N with tert-alkyl or cyclic N) is 1. The summed E-state index contributed by atoms with van der Waals surface area (Å²) in [6, 6.07) is 0.931. The third-order valence-electron chi connectivity index (χ3n) is 4.08. The number of halogens is 3. The number of hydrogen-bond donors (Lipinski definition) is 3. The van der Waals surface area contributed by atoms with E-state index in [9.17, 15) is 18.3 Å². The van der Waals surface area contributed by atoms with Crippen molar-refractivity contribution in [3.05, 3.63) is 23.7 Å². The van der Waals surface area contributed by atoms with Crippen LogP contribution in [0.3, 0.4) is 0 Å². The molecule has 0 aromatic carbocycles. The van der Waals surface area contributed by atoms with E-state index in [0.717, 1.165) is 25.6 Å². The number of alkyl halides is 3. The van der Waals surface area contributed by atoms with Gasteiger partial charge in [-0.25, -0.2) is 9.97 Å². The second-order valence-electron chi connectivity index (χ2n) is 6.04. The zero-order valence-corrected chi connectivity index (χ0v) is 13.4. The predicted octanol–water partition coefficient (Wildman–Crippen LogP) is 0.409. The molecule has 0 bridgehead atoms. The SMILES string of the molecule is N/C=C(\C=NC1CCNC1)c1cc(C(F)(F)F)nc(N2CC(O)C2)n1. The number of anilines is 1. The van der Waals surface area contributed by atoms with Crippen molar-refractivity contribution in [1.29, 1.82) is 0 Å². The number of aromatic nitrogens is 2. The van der Waals surface area contributed by atoms with Gasteiger partial charge in [0.25, 0.3) is 0 Å². The fourth-order valence-corrected chi connectivity index (χ4v) is 2.63. The van der Waals surface area contributed by atoms with Crippen LogP contribution in [0.2, 0.25) is 0 Å². The van der Waals surface area contributed by atoms with Crippen LogP contribution in [0, 0.1) is 0 Å². The predicted molar refractivity (Wildman–Crippen MR) is 87.2 cm³/mol. The maximum atomic E-state index is 13.2. The minimum absolute atomic E-state index is 0.0518. The molecule has 4 N–H and O–H groups in total. The topological polar surface area (TPSA) is 99.7 Å². The normalized spacial score (nSPS) is 22.6. The van der Waals surface area contributed by atoms with Crippen LogP contribution < -0.4 is 16.0 Å². The van der Waals surface area contributed by atoms with Crippen LogP contribution in [-0.4, -0.2) is 59.6 Å². The lowest BCUT2D eigenvalue weighted by Gasteiger charge is -2.36. The van der Waals surface area contributed by atoms with E-state index in [-0.39, 0.29) is 30.8 Å². The summed E-state index contributed by atoms with van der Waals surface area (Å²) in [4.78, 5) is 13.6. The van der Waals surface area contributed by atoms with Gasteiger partial charge < -0.3 is 21.1 Å². The van der Waals surface area contributed by atoms with Crippen molar-refractivity contribution in [1.82, 2.24) is 15.3 Å². The van der Waals surface area contributed by atoms with Crippen LogP contribution in [0.25, 0.3) is 5.57 Å². The van der Waals surface area contributed by atoms with Gasteiger partial charge in [0.1, 0.15) is 0 Å². The summed E-state index contributed by atoms with van der Waals surface area (Å²) in [7, 11) is 0. The average molecular weight is 356 g/mol. The third kappa shape index (κ3) is 4.07. The van der Waals surface area contributed by atoms with Crippen molar-refractivity contribution in [3.63, 3.8) is 0 Å². The van der Waals surface area contributed by atoms with Crippen LogP contribution in [0.15, 0.2) is 17.3 Å². The fourth-order valence-electron chi connectivity index (χ4n) is 2.63. The molecule has 1 aromatic rings. The van der Waals surface area contributed by atoms with E-state index in [4.69, 9.17) is 5.73 Å². The van der Waals surface area contributed by atoms with Gasteiger partial charge in [-0.1, -0.05) is 0 Å². The first-order valence-corrected chi connectivity index (χ1v) is 7.92. The van der Waals surface area contributed by atoms with Gasteiger partial charge in [0, 0.05) is 37.6 Å². The van der Waals surface area contributed by atoms with Crippen molar-refractivity contribution in [2.75, 3.05) is 31.1 Å². The number of allylic oxidation sites excluding steroid dienone is 1. The van der Waals surface area contributed by atoms with Gasteiger partial charge in [-0.05, 0) is 19.0 Å². The minimum Gasteiger partial charge on any atom is -0.404 e. The number of aliphatic imine (C=N–C) groups is 1. The van der Waals surface area contributed by atoms with E-state index < -0.39 is 18.0 Å². The molecule has 10 heteroatoms. The molecule has 3 heterocycles. The highest BCUT2D eigenvalue weighted by Gasteiger charge is 2.36. The molecule has 0 amide bonds. The highest BCUT2D eigenvalue weighted by molar-refractivity contribution is 6.09. The van der Waals surface area contributed by atoms with Crippen molar-refractivity contribution in [2.45, 2.75) is 24.7 Å².